The summed E-state index contributed by atoms with van der Waals surface area (Å²) in [5.74, 6) is 0. The first kappa shape index (κ1) is 11.1. The summed E-state index contributed by atoms with van der Waals surface area (Å²) < 4.78 is 0. The van der Waals surface area contributed by atoms with E-state index in [0.717, 1.165) is 17.8 Å². The van der Waals surface area contributed by atoms with Crippen molar-refractivity contribution in [3.63, 3.8) is 0 Å². The van der Waals surface area contributed by atoms with E-state index >= 15 is 0 Å². The average molecular weight is 198 g/mol. The van der Waals surface area contributed by atoms with E-state index in [1.54, 1.807) is 14.2 Å². The third-order valence-corrected chi connectivity index (χ3v) is 1.98. The van der Waals surface area contributed by atoms with Gasteiger partial charge in [0.05, 0.1) is 19.9 Å². The summed E-state index contributed by atoms with van der Waals surface area (Å²) in [4.78, 5) is 9.76. The van der Waals surface area contributed by atoms with Crippen LogP contribution >= 0.6 is 0 Å². The Morgan fingerprint density at radius 3 is 2.43 bits per heavy atom. The zero-order valence-corrected chi connectivity index (χ0v) is 9.18. The predicted molar refractivity (Wildman–Crippen MR) is 54.9 cm³/mol. The van der Waals surface area contributed by atoms with Crippen LogP contribution in [0, 0.1) is 5.41 Å². The van der Waals surface area contributed by atoms with Crippen molar-refractivity contribution < 1.29 is 9.68 Å². The topological polar surface area (TPSA) is 42.5 Å². The van der Waals surface area contributed by atoms with Gasteiger partial charge in [-0.2, -0.15) is 0 Å². The molecular weight excluding hydrogens is 180 g/mol. The molecule has 0 atom stereocenters. The van der Waals surface area contributed by atoms with E-state index in [1.807, 2.05) is 6.08 Å². The van der Waals surface area contributed by atoms with E-state index in [1.165, 1.54) is 0 Å². The number of hydroxylamine groups is 2. The molecule has 0 aromatic heterocycles. The van der Waals surface area contributed by atoms with Crippen molar-refractivity contribution in [2.24, 2.45) is 5.41 Å². The van der Waals surface area contributed by atoms with Crippen molar-refractivity contribution in [3.8, 4) is 0 Å². The second-order valence-corrected chi connectivity index (χ2v) is 4.05. The zero-order chi connectivity index (χ0) is 10.6. The van der Waals surface area contributed by atoms with Crippen molar-refractivity contribution in [1.29, 1.82) is 0 Å². The summed E-state index contributed by atoms with van der Waals surface area (Å²) in [5, 5.41) is 0. The van der Waals surface area contributed by atoms with E-state index in [2.05, 4.69) is 30.9 Å². The van der Waals surface area contributed by atoms with Gasteiger partial charge >= 0.3 is 0 Å². The molecule has 0 amide bonds. The van der Waals surface area contributed by atoms with Crippen molar-refractivity contribution >= 4 is 0 Å². The second-order valence-electron chi connectivity index (χ2n) is 4.05. The SMILES string of the molecule is CONC1=CC(C)(C)CC(NOC)=C1. The summed E-state index contributed by atoms with van der Waals surface area (Å²) in [6.07, 6.45) is 5.03. The summed E-state index contributed by atoms with van der Waals surface area (Å²) in [6, 6.07) is 0. The Morgan fingerprint density at radius 2 is 1.86 bits per heavy atom. The highest BCUT2D eigenvalue weighted by molar-refractivity contribution is 5.28. The van der Waals surface area contributed by atoms with Gasteiger partial charge in [0.2, 0.25) is 0 Å². The van der Waals surface area contributed by atoms with Crippen LogP contribution < -0.4 is 11.0 Å². The lowest BCUT2D eigenvalue weighted by atomic mass is 9.83. The molecule has 2 N–H and O–H groups in total. The Bertz CT molecular complexity index is 257. The largest absolute Gasteiger partial charge is 0.280 e. The van der Waals surface area contributed by atoms with Crippen molar-refractivity contribution in [2.75, 3.05) is 14.2 Å². The molecule has 0 saturated heterocycles. The lowest BCUT2D eigenvalue weighted by Crippen LogP contribution is -2.25. The van der Waals surface area contributed by atoms with Gasteiger partial charge < -0.3 is 0 Å². The third-order valence-electron chi connectivity index (χ3n) is 1.98. The summed E-state index contributed by atoms with van der Waals surface area (Å²) in [5.41, 5.74) is 7.77. The van der Waals surface area contributed by atoms with Crippen molar-refractivity contribution in [1.82, 2.24) is 11.0 Å². The maximum absolute atomic E-state index is 4.89. The first-order chi connectivity index (χ1) is 6.57. The van der Waals surface area contributed by atoms with Crippen LogP contribution in [0.3, 0.4) is 0 Å². The van der Waals surface area contributed by atoms with Crippen LogP contribution in [0.4, 0.5) is 0 Å². The fourth-order valence-electron chi connectivity index (χ4n) is 1.62. The third kappa shape index (κ3) is 3.05. The molecule has 14 heavy (non-hydrogen) atoms. The van der Waals surface area contributed by atoms with Gasteiger partial charge in [-0.1, -0.05) is 19.9 Å². The van der Waals surface area contributed by atoms with Crippen LogP contribution in [0.1, 0.15) is 20.3 Å². The Morgan fingerprint density at radius 1 is 1.21 bits per heavy atom. The van der Waals surface area contributed by atoms with Crippen LogP contribution in [0.25, 0.3) is 0 Å². The van der Waals surface area contributed by atoms with E-state index in [9.17, 15) is 0 Å². The maximum Gasteiger partial charge on any atom is 0.0636 e. The van der Waals surface area contributed by atoms with Crippen LogP contribution in [-0.4, -0.2) is 14.2 Å². The molecule has 0 radical (unpaired) electrons. The summed E-state index contributed by atoms with van der Waals surface area (Å²) in [6.45, 7) is 4.32. The van der Waals surface area contributed by atoms with E-state index in [0.29, 0.717) is 0 Å². The highest BCUT2D eigenvalue weighted by Gasteiger charge is 2.22. The van der Waals surface area contributed by atoms with Gasteiger partial charge in [-0.15, -0.1) is 0 Å². The lowest BCUT2D eigenvalue weighted by Gasteiger charge is -2.27. The number of nitrogens with one attached hydrogen (secondary N) is 2. The average Bonchev–Trinajstić information content (AvgIpc) is 2.01. The minimum atomic E-state index is 0.108. The quantitative estimate of drug-likeness (QED) is 0.672. The fourth-order valence-corrected chi connectivity index (χ4v) is 1.62. The Hall–Kier alpha value is -1.00. The van der Waals surface area contributed by atoms with Crippen LogP contribution in [0.15, 0.2) is 23.5 Å². The van der Waals surface area contributed by atoms with E-state index in [-0.39, 0.29) is 5.41 Å². The minimum absolute atomic E-state index is 0.108. The molecule has 0 unspecified atom stereocenters. The molecule has 4 nitrogen and oxygen atoms in total. The molecule has 1 rings (SSSR count). The molecule has 0 aromatic carbocycles. The number of hydrogen-bond donors (Lipinski definition) is 2. The van der Waals surface area contributed by atoms with Gasteiger partial charge in [0.1, 0.15) is 0 Å². The molecule has 1 aliphatic carbocycles. The first-order valence-corrected chi connectivity index (χ1v) is 4.59. The number of allylic oxidation sites excluding steroid dienone is 3. The number of hydrogen-bond acceptors (Lipinski definition) is 4. The van der Waals surface area contributed by atoms with E-state index in [4.69, 9.17) is 9.68 Å². The second kappa shape index (κ2) is 4.48. The fraction of sp³-hybridized carbons (Fsp3) is 0.600. The molecule has 0 fully saturated rings. The van der Waals surface area contributed by atoms with Gasteiger partial charge in [0.25, 0.3) is 0 Å². The normalized spacial score (nSPS) is 19.7. The van der Waals surface area contributed by atoms with Crippen molar-refractivity contribution in [3.05, 3.63) is 23.5 Å². The first-order valence-electron chi connectivity index (χ1n) is 4.59. The highest BCUT2D eigenvalue weighted by atomic mass is 16.6. The molecule has 0 saturated carbocycles. The monoisotopic (exact) mass is 198 g/mol. The van der Waals surface area contributed by atoms with Gasteiger partial charge in [0, 0.05) is 5.70 Å². The highest BCUT2D eigenvalue weighted by Crippen LogP contribution is 2.31. The molecule has 0 spiro atoms. The molecule has 0 heterocycles. The Kier molecular flexibility index (Phi) is 3.55. The van der Waals surface area contributed by atoms with Crippen LogP contribution in [0.2, 0.25) is 0 Å². The van der Waals surface area contributed by atoms with Crippen LogP contribution in [-0.2, 0) is 9.68 Å². The molecule has 0 aliphatic heterocycles. The zero-order valence-electron chi connectivity index (χ0n) is 9.18. The molecule has 80 valence electrons. The number of rotatable bonds is 4. The Labute approximate surface area is 84.9 Å². The van der Waals surface area contributed by atoms with Gasteiger partial charge in [-0.05, 0) is 17.9 Å². The minimum Gasteiger partial charge on any atom is -0.280 e. The summed E-state index contributed by atoms with van der Waals surface area (Å²) in [7, 11) is 3.20. The van der Waals surface area contributed by atoms with Gasteiger partial charge in [-0.3, -0.25) is 20.6 Å². The van der Waals surface area contributed by atoms with Crippen molar-refractivity contribution in [2.45, 2.75) is 20.3 Å². The smallest absolute Gasteiger partial charge is 0.0636 e. The standard InChI is InChI=1S/C10H18N2O2/c1-10(2)6-8(11-13-3)5-9(7-10)12-14-4/h5-6,11-12H,7H2,1-4H3. The maximum atomic E-state index is 4.89. The predicted octanol–water partition coefficient (Wildman–Crippen LogP) is 1.49. The summed E-state index contributed by atoms with van der Waals surface area (Å²) >= 11 is 0. The van der Waals surface area contributed by atoms with E-state index < -0.39 is 0 Å². The molecule has 1 aliphatic rings. The lowest BCUT2D eigenvalue weighted by molar-refractivity contribution is 0.104. The molecular formula is C10H18N2O2. The molecule has 0 bridgehead atoms. The Balaban J connectivity index is 2.76. The van der Waals surface area contributed by atoms with Gasteiger partial charge in [0.15, 0.2) is 0 Å². The molecule has 4 heteroatoms. The van der Waals surface area contributed by atoms with Crippen LogP contribution in [0.5, 0.6) is 0 Å². The molecule has 0 aromatic rings. The van der Waals surface area contributed by atoms with Gasteiger partial charge in [-0.25, -0.2) is 0 Å².